The van der Waals surface area contributed by atoms with Crippen LogP contribution >= 0.6 is 0 Å². The Kier molecular flexibility index (Phi) is 6.24. The second kappa shape index (κ2) is 7.71. The van der Waals surface area contributed by atoms with Crippen LogP contribution in [0.1, 0.15) is 33.3 Å². The number of benzene rings is 1. The van der Waals surface area contributed by atoms with Gasteiger partial charge < -0.3 is 10.1 Å². The van der Waals surface area contributed by atoms with Crippen LogP contribution in [0.15, 0.2) is 24.3 Å². The van der Waals surface area contributed by atoms with E-state index in [1.54, 1.807) is 26.8 Å². The van der Waals surface area contributed by atoms with Crippen molar-refractivity contribution in [2.24, 2.45) is 0 Å². The Morgan fingerprint density at radius 1 is 1.22 bits per heavy atom. The zero-order valence-electron chi connectivity index (χ0n) is 13.6. The maximum absolute atomic E-state index is 13.4. The molecular formula is C16H21FN2O4. The minimum absolute atomic E-state index is 0.176. The predicted molar refractivity (Wildman–Crippen MR) is 82.1 cm³/mol. The number of urea groups is 1. The maximum atomic E-state index is 13.4. The van der Waals surface area contributed by atoms with Gasteiger partial charge in [0.1, 0.15) is 5.82 Å². The van der Waals surface area contributed by atoms with Gasteiger partial charge in [0, 0.05) is 5.54 Å². The number of nitrogens with one attached hydrogen (secondary N) is 2. The largest absolute Gasteiger partial charge is 0.452 e. The third-order valence-electron chi connectivity index (χ3n) is 2.70. The smallest absolute Gasteiger partial charge is 0.321 e. The van der Waals surface area contributed by atoms with Gasteiger partial charge >= 0.3 is 12.0 Å². The van der Waals surface area contributed by atoms with Gasteiger partial charge in [-0.05, 0) is 39.3 Å². The summed E-state index contributed by atoms with van der Waals surface area (Å²) >= 11 is 0. The second-order valence-corrected chi connectivity index (χ2v) is 6.09. The third kappa shape index (κ3) is 6.90. The number of carbonyl (C=O) groups excluding carboxylic acids is 3. The average Bonchev–Trinajstić information content (AvgIpc) is 2.38. The number of hydrogen-bond acceptors (Lipinski definition) is 4. The van der Waals surface area contributed by atoms with Crippen LogP contribution in [-0.2, 0) is 20.7 Å². The van der Waals surface area contributed by atoms with Crippen LogP contribution in [0.25, 0.3) is 0 Å². The van der Waals surface area contributed by atoms with Gasteiger partial charge in [0.2, 0.25) is 0 Å². The number of halogens is 1. The lowest BCUT2D eigenvalue weighted by Crippen LogP contribution is -2.50. The lowest BCUT2D eigenvalue weighted by Gasteiger charge is -2.21. The van der Waals surface area contributed by atoms with E-state index in [9.17, 15) is 18.8 Å². The van der Waals surface area contributed by atoms with E-state index in [4.69, 9.17) is 4.74 Å². The van der Waals surface area contributed by atoms with E-state index < -0.39 is 35.4 Å². The van der Waals surface area contributed by atoms with E-state index in [2.05, 4.69) is 10.6 Å². The average molecular weight is 324 g/mol. The van der Waals surface area contributed by atoms with Gasteiger partial charge in [0.15, 0.2) is 6.10 Å². The lowest BCUT2D eigenvalue weighted by atomic mass is 10.1. The highest BCUT2D eigenvalue weighted by Gasteiger charge is 2.22. The third-order valence-corrected chi connectivity index (χ3v) is 2.70. The Hall–Kier alpha value is -2.44. The quantitative estimate of drug-likeness (QED) is 0.829. The van der Waals surface area contributed by atoms with Crippen LogP contribution in [0.5, 0.6) is 0 Å². The van der Waals surface area contributed by atoms with Crippen molar-refractivity contribution in [2.45, 2.75) is 45.8 Å². The maximum Gasteiger partial charge on any atom is 0.321 e. The van der Waals surface area contributed by atoms with Crippen molar-refractivity contribution in [3.05, 3.63) is 35.6 Å². The molecule has 1 aromatic carbocycles. The summed E-state index contributed by atoms with van der Waals surface area (Å²) in [5, 5.41) is 4.62. The highest BCUT2D eigenvalue weighted by Crippen LogP contribution is 2.08. The summed E-state index contributed by atoms with van der Waals surface area (Å²) in [6.45, 7) is 6.61. The SMILES string of the molecule is C[C@H](OC(=O)Cc1ccccc1F)C(=O)NC(=O)NC(C)(C)C. The van der Waals surface area contributed by atoms with E-state index in [1.165, 1.54) is 25.1 Å². The Labute approximate surface area is 134 Å². The topological polar surface area (TPSA) is 84.5 Å². The molecule has 0 saturated carbocycles. The summed E-state index contributed by atoms with van der Waals surface area (Å²) in [7, 11) is 0. The first-order valence-electron chi connectivity index (χ1n) is 7.14. The molecular weight excluding hydrogens is 303 g/mol. The van der Waals surface area contributed by atoms with E-state index in [-0.39, 0.29) is 12.0 Å². The molecule has 126 valence electrons. The predicted octanol–water partition coefficient (Wildman–Crippen LogP) is 1.92. The number of rotatable bonds is 4. The highest BCUT2D eigenvalue weighted by atomic mass is 19.1. The fourth-order valence-electron chi connectivity index (χ4n) is 1.67. The molecule has 23 heavy (non-hydrogen) atoms. The molecule has 0 fully saturated rings. The van der Waals surface area contributed by atoms with Gasteiger partial charge in [-0.1, -0.05) is 18.2 Å². The fraction of sp³-hybridized carbons (Fsp3) is 0.438. The van der Waals surface area contributed by atoms with Crippen molar-refractivity contribution in [3.8, 4) is 0 Å². The zero-order valence-corrected chi connectivity index (χ0v) is 13.6. The van der Waals surface area contributed by atoms with Gasteiger partial charge in [0.05, 0.1) is 6.42 Å². The summed E-state index contributed by atoms with van der Waals surface area (Å²) in [5.74, 6) is -2.03. The van der Waals surface area contributed by atoms with E-state index >= 15 is 0 Å². The highest BCUT2D eigenvalue weighted by molar-refractivity contribution is 5.97. The standard InChI is InChI=1S/C16H21FN2O4/c1-10(14(21)18-15(22)19-16(2,3)4)23-13(20)9-11-7-5-6-8-12(11)17/h5-8,10H,9H2,1-4H3,(H2,18,19,21,22)/t10-/m0/s1. The summed E-state index contributed by atoms with van der Waals surface area (Å²) in [5.41, 5.74) is -0.328. The van der Waals surface area contributed by atoms with E-state index in [1.807, 2.05) is 0 Å². The molecule has 0 aromatic heterocycles. The number of ether oxygens (including phenoxy) is 1. The lowest BCUT2D eigenvalue weighted by molar-refractivity contribution is -0.153. The zero-order chi connectivity index (χ0) is 17.6. The molecule has 1 rings (SSSR count). The van der Waals surface area contributed by atoms with Crippen LogP contribution in [0, 0.1) is 5.82 Å². The van der Waals surface area contributed by atoms with Gasteiger partial charge in [-0.15, -0.1) is 0 Å². The summed E-state index contributed by atoms with van der Waals surface area (Å²) in [6.07, 6.45) is -1.46. The molecule has 0 aliphatic carbocycles. The molecule has 1 atom stereocenters. The first-order valence-corrected chi connectivity index (χ1v) is 7.14. The van der Waals surface area contributed by atoms with E-state index in [0.29, 0.717) is 0 Å². The molecule has 3 amide bonds. The first-order chi connectivity index (χ1) is 10.6. The van der Waals surface area contributed by atoms with Gasteiger partial charge in [-0.3, -0.25) is 14.9 Å². The van der Waals surface area contributed by atoms with Crippen LogP contribution in [-0.4, -0.2) is 29.6 Å². The van der Waals surface area contributed by atoms with Crippen molar-refractivity contribution in [1.29, 1.82) is 0 Å². The molecule has 0 spiro atoms. The number of amides is 3. The first kappa shape index (κ1) is 18.6. The minimum atomic E-state index is -1.17. The van der Waals surface area contributed by atoms with Crippen LogP contribution in [0.3, 0.4) is 0 Å². The molecule has 0 bridgehead atoms. The van der Waals surface area contributed by atoms with Gasteiger partial charge in [0.25, 0.3) is 5.91 Å². The molecule has 0 aliphatic heterocycles. The van der Waals surface area contributed by atoms with Crippen LogP contribution < -0.4 is 10.6 Å². The molecule has 2 N–H and O–H groups in total. The summed E-state index contributed by atoms with van der Waals surface area (Å²) in [4.78, 5) is 35.1. The number of imide groups is 1. The summed E-state index contributed by atoms with van der Waals surface area (Å²) < 4.78 is 18.3. The normalized spacial score (nSPS) is 12.2. The molecule has 0 unspecified atom stereocenters. The molecule has 1 aromatic rings. The Balaban J connectivity index is 2.50. The monoisotopic (exact) mass is 324 g/mol. The van der Waals surface area contributed by atoms with Crippen molar-refractivity contribution < 1.29 is 23.5 Å². The van der Waals surface area contributed by atoms with Crippen molar-refractivity contribution in [3.63, 3.8) is 0 Å². The fourth-order valence-corrected chi connectivity index (χ4v) is 1.67. The van der Waals surface area contributed by atoms with Crippen molar-refractivity contribution in [2.75, 3.05) is 0 Å². The summed E-state index contributed by atoms with van der Waals surface area (Å²) in [6, 6.07) is 5.11. The van der Waals surface area contributed by atoms with Gasteiger partial charge in [-0.25, -0.2) is 9.18 Å². The molecule has 0 radical (unpaired) electrons. The van der Waals surface area contributed by atoms with Crippen molar-refractivity contribution in [1.82, 2.24) is 10.6 Å². The second-order valence-electron chi connectivity index (χ2n) is 6.09. The molecule has 0 saturated heterocycles. The Morgan fingerprint density at radius 2 is 1.83 bits per heavy atom. The minimum Gasteiger partial charge on any atom is -0.452 e. The Bertz CT molecular complexity index is 596. The number of esters is 1. The van der Waals surface area contributed by atoms with Crippen molar-refractivity contribution >= 4 is 17.9 Å². The molecule has 0 aliphatic rings. The Morgan fingerprint density at radius 3 is 2.39 bits per heavy atom. The number of carbonyl (C=O) groups is 3. The molecule has 6 nitrogen and oxygen atoms in total. The number of hydrogen-bond donors (Lipinski definition) is 2. The van der Waals surface area contributed by atoms with Crippen LogP contribution in [0.4, 0.5) is 9.18 Å². The molecule has 0 heterocycles. The van der Waals surface area contributed by atoms with E-state index in [0.717, 1.165) is 0 Å². The van der Waals surface area contributed by atoms with Gasteiger partial charge in [-0.2, -0.15) is 0 Å². The van der Waals surface area contributed by atoms with Crippen LogP contribution in [0.2, 0.25) is 0 Å². The molecule has 7 heteroatoms.